The Hall–Kier alpha value is -1.82. The van der Waals surface area contributed by atoms with Crippen LogP contribution in [0.1, 0.15) is 56.4 Å². The number of anilines is 1. The molecule has 0 aliphatic heterocycles. The molecule has 2 aromatic rings. The van der Waals surface area contributed by atoms with Crippen molar-refractivity contribution in [1.29, 1.82) is 0 Å². The van der Waals surface area contributed by atoms with E-state index in [1.54, 1.807) is 12.3 Å². The first-order chi connectivity index (χ1) is 11.8. The fraction of sp³-hybridized carbons (Fsp3) is 0.500. The van der Waals surface area contributed by atoms with Gasteiger partial charge in [0.05, 0.1) is 6.10 Å². The summed E-state index contributed by atoms with van der Waals surface area (Å²) in [6.07, 6.45) is 9.96. The molecule has 1 aromatic heterocycles. The molecule has 0 unspecified atom stereocenters. The summed E-state index contributed by atoms with van der Waals surface area (Å²) in [4.78, 5) is 9.47. The van der Waals surface area contributed by atoms with Crippen molar-refractivity contribution in [2.75, 3.05) is 5.48 Å². The van der Waals surface area contributed by atoms with E-state index in [-0.39, 0.29) is 11.9 Å². The number of aromatic nitrogens is 1. The predicted molar refractivity (Wildman–Crippen MR) is 92.2 cm³/mol. The summed E-state index contributed by atoms with van der Waals surface area (Å²) in [5.41, 5.74) is 3.76. The van der Waals surface area contributed by atoms with Crippen molar-refractivity contribution in [3.8, 4) is 11.5 Å². The molecule has 6 heteroatoms. The van der Waals surface area contributed by atoms with Crippen LogP contribution in [0.5, 0.6) is 11.5 Å². The predicted octanol–water partition coefficient (Wildman–Crippen LogP) is 5.28. The number of hydrogen-bond acceptors (Lipinski definition) is 5. The molecule has 1 aromatic carbocycles. The molecule has 0 saturated heterocycles. The van der Waals surface area contributed by atoms with Crippen LogP contribution in [0.2, 0.25) is 0 Å². The van der Waals surface area contributed by atoms with Crippen molar-refractivity contribution in [3.63, 3.8) is 0 Å². The lowest BCUT2D eigenvalue weighted by Gasteiger charge is -2.24. The monoisotopic (exact) mass is 348 g/mol. The van der Waals surface area contributed by atoms with Gasteiger partial charge >= 0.3 is 0 Å². The summed E-state index contributed by atoms with van der Waals surface area (Å²) in [6.45, 7) is 0. The second-order valence-corrected chi connectivity index (χ2v) is 7.41. The Morgan fingerprint density at radius 2 is 1.92 bits per heavy atom. The number of nitrogens with zero attached hydrogens (tertiary/aromatic N) is 1. The van der Waals surface area contributed by atoms with Gasteiger partial charge in [-0.25, -0.2) is 9.37 Å². The number of halogens is 1. The maximum Gasteiger partial charge on any atom is 0.216 e. The minimum atomic E-state index is -0.408. The molecule has 2 aliphatic rings. The number of rotatable bonds is 6. The van der Waals surface area contributed by atoms with E-state index in [9.17, 15) is 4.39 Å². The van der Waals surface area contributed by atoms with Gasteiger partial charge in [-0.1, -0.05) is 6.42 Å². The fourth-order valence-electron chi connectivity index (χ4n) is 3.18. The Kier molecular flexibility index (Phi) is 4.56. The largest absolute Gasteiger partial charge is 0.490 e. The first kappa shape index (κ1) is 15.7. The highest BCUT2D eigenvalue weighted by atomic mass is 32.1. The van der Waals surface area contributed by atoms with Crippen LogP contribution in [0.25, 0.3) is 0 Å². The third-order valence-corrected chi connectivity index (χ3v) is 5.28. The van der Waals surface area contributed by atoms with Crippen LogP contribution in [-0.4, -0.2) is 11.1 Å². The van der Waals surface area contributed by atoms with E-state index in [2.05, 4.69) is 10.5 Å². The summed E-state index contributed by atoms with van der Waals surface area (Å²) in [5, 5.41) is 2.43. The first-order valence-electron chi connectivity index (χ1n) is 8.62. The molecule has 4 nitrogen and oxygen atoms in total. The number of benzene rings is 1. The van der Waals surface area contributed by atoms with E-state index in [0.717, 1.165) is 31.2 Å². The van der Waals surface area contributed by atoms with Gasteiger partial charge in [-0.15, -0.1) is 11.3 Å². The SMILES string of the molecule is Fc1cc(OC2CCCCC2)c(C2CC2)cc1ONc1nccs1. The Morgan fingerprint density at radius 3 is 2.62 bits per heavy atom. The van der Waals surface area contributed by atoms with E-state index in [1.165, 1.54) is 36.7 Å². The third-order valence-electron chi connectivity index (χ3n) is 4.61. The van der Waals surface area contributed by atoms with Crippen LogP contribution in [-0.2, 0) is 0 Å². The lowest BCUT2D eigenvalue weighted by Crippen LogP contribution is -2.20. The lowest BCUT2D eigenvalue weighted by molar-refractivity contribution is 0.152. The number of hydrogen-bond donors (Lipinski definition) is 1. The van der Waals surface area contributed by atoms with Crippen LogP contribution in [0.3, 0.4) is 0 Å². The Bertz CT molecular complexity index is 683. The van der Waals surface area contributed by atoms with Crippen LogP contribution in [0, 0.1) is 5.82 Å². The van der Waals surface area contributed by atoms with Crippen LogP contribution >= 0.6 is 11.3 Å². The number of ether oxygens (including phenoxy) is 1. The number of nitrogens with one attached hydrogen (secondary N) is 1. The summed E-state index contributed by atoms with van der Waals surface area (Å²) in [7, 11) is 0. The van der Waals surface area contributed by atoms with Gasteiger partial charge in [-0.3, -0.25) is 0 Å². The minimum absolute atomic E-state index is 0.197. The molecule has 0 atom stereocenters. The molecule has 24 heavy (non-hydrogen) atoms. The van der Waals surface area contributed by atoms with Gasteiger partial charge in [0.15, 0.2) is 11.6 Å². The van der Waals surface area contributed by atoms with Gasteiger partial charge in [-0.05, 0) is 50.5 Å². The average Bonchev–Trinajstić information content (AvgIpc) is 3.30. The molecule has 0 amide bonds. The summed E-state index contributed by atoms with van der Waals surface area (Å²) >= 11 is 1.40. The molecule has 4 rings (SSSR count). The Morgan fingerprint density at radius 1 is 1.08 bits per heavy atom. The van der Waals surface area contributed by atoms with Crippen molar-refractivity contribution in [3.05, 3.63) is 35.1 Å². The molecule has 2 saturated carbocycles. The van der Waals surface area contributed by atoms with Crippen molar-refractivity contribution >= 4 is 16.5 Å². The maximum absolute atomic E-state index is 14.4. The first-order valence-corrected chi connectivity index (χ1v) is 9.50. The molecule has 0 bridgehead atoms. The van der Waals surface area contributed by atoms with E-state index in [0.29, 0.717) is 16.8 Å². The highest BCUT2D eigenvalue weighted by Crippen LogP contribution is 2.46. The van der Waals surface area contributed by atoms with Crippen LogP contribution < -0.4 is 15.1 Å². The molecule has 0 radical (unpaired) electrons. The van der Waals surface area contributed by atoms with Crippen molar-refractivity contribution in [1.82, 2.24) is 4.98 Å². The zero-order valence-corrected chi connectivity index (χ0v) is 14.3. The molecule has 2 aliphatic carbocycles. The third kappa shape index (κ3) is 3.64. The molecule has 2 fully saturated rings. The molecular formula is C18H21FN2O2S. The Labute approximate surface area is 145 Å². The fourth-order valence-corrected chi connectivity index (χ4v) is 3.64. The Balaban J connectivity index is 1.52. The second kappa shape index (κ2) is 6.97. The molecule has 1 heterocycles. The molecule has 128 valence electrons. The quantitative estimate of drug-likeness (QED) is 0.722. The normalized spacial score (nSPS) is 18.4. The zero-order chi connectivity index (χ0) is 16.4. The summed E-state index contributed by atoms with van der Waals surface area (Å²) < 4.78 is 20.6. The molecular weight excluding hydrogens is 327 g/mol. The van der Waals surface area contributed by atoms with Gasteiger partial charge in [0, 0.05) is 23.2 Å². The number of thiazole rings is 1. The van der Waals surface area contributed by atoms with E-state index in [4.69, 9.17) is 9.57 Å². The second-order valence-electron chi connectivity index (χ2n) is 6.51. The van der Waals surface area contributed by atoms with Gasteiger partial charge in [0.2, 0.25) is 5.13 Å². The van der Waals surface area contributed by atoms with Gasteiger partial charge in [-0.2, -0.15) is 5.48 Å². The van der Waals surface area contributed by atoms with Gasteiger partial charge < -0.3 is 9.57 Å². The lowest BCUT2D eigenvalue weighted by atomic mass is 9.97. The van der Waals surface area contributed by atoms with Crippen LogP contribution in [0.4, 0.5) is 9.52 Å². The highest BCUT2D eigenvalue weighted by molar-refractivity contribution is 7.13. The average molecular weight is 348 g/mol. The molecule has 1 N–H and O–H groups in total. The van der Waals surface area contributed by atoms with Gasteiger partial charge in [0.1, 0.15) is 5.75 Å². The summed E-state index contributed by atoms with van der Waals surface area (Å²) in [5.74, 6) is 0.951. The van der Waals surface area contributed by atoms with Crippen molar-refractivity contribution in [2.24, 2.45) is 0 Å². The van der Waals surface area contributed by atoms with Crippen molar-refractivity contribution < 1.29 is 14.0 Å². The maximum atomic E-state index is 14.4. The van der Waals surface area contributed by atoms with Gasteiger partial charge in [0.25, 0.3) is 0 Å². The molecule has 0 spiro atoms. The van der Waals surface area contributed by atoms with Crippen molar-refractivity contribution in [2.45, 2.75) is 57.0 Å². The van der Waals surface area contributed by atoms with Crippen LogP contribution in [0.15, 0.2) is 23.7 Å². The smallest absolute Gasteiger partial charge is 0.216 e. The van der Waals surface area contributed by atoms with E-state index >= 15 is 0 Å². The van der Waals surface area contributed by atoms with E-state index in [1.807, 2.05) is 5.38 Å². The van der Waals surface area contributed by atoms with E-state index < -0.39 is 5.82 Å². The standard InChI is InChI=1S/C18H21FN2O2S/c19-15-11-16(22-13-4-2-1-3-5-13)14(12-6-7-12)10-17(15)23-21-18-20-8-9-24-18/h8-13H,1-7H2,(H,20,21). The zero-order valence-electron chi connectivity index (χ0n) is 13.5. The summed E-state index contributed by atoms with van der Waals surface area (Å²) in [6, 6.07) is 3.27. The highest BCUT2D eigenvalue weighted by Gasteiger charge is 2.30. The topological polar surface area (TPSA) is 43.4 Å². The minimum Gasteiger partial charge on any atom is -0.490 e.